The summed E-state index contributed by atoms with van der Waals surface area (Å²) in [5.41, 5.74) is 3.13. The Morgan fingerprint density at radius 1 is 1.22 bits per heavy atom. The standard InChI is InChI=1S/C16H17N5O2/c1-9-5-4-6-11(7-9)21-10(2)8-20-12-13(17-15(20)21)19(3)16(23)18-14(12)22/h4-8,12-13H,1-3H3,(H,18,22,23). The number of aryl methyl sites for hydroxylation is 1. The molecule has 0 spiro atoms. The maximum atomic E-state index is 12.3. The first-order valence-corrected chi connectivity index (χ1v) is 7.46. The molecule has 0 aliphatic carbocycles. The van der Waals surface area contributed by atoms with Gasteiger partial charge in [0.25, 0.3) is 5.91 Å². The fourth-order valence-electron chi connectivity index (χ4n) is 3.29. The van der Waals surface area contributed by atoms with Gasteiger partial charge in [-0.1, -0.05) is 12.1 Å². The summed E-state index contributed by atoms with van der Waals surface area (Å²) >= 11 is 0. The summed E-state index contributed by atoms with van der Waals surface area (Å²) in [4.78, 5) is 34.0. The quantitative estimate of drug-likeness (QED) is 0.847. The van der Waals surface area contributed by atoms with Gasteiger partial charge in [0.15, 0.2) is 12.2 Å². The van der Waals surface area contributed by atoms with E-state index in [1.54, 1.807) is 7.05 Å². The number of anilines is 1. The number of hydrogen-bond acceptors (Lipinski definition) is 5. The maximum Gasteiger partial charge on any atom is 0.325 e. The zero-order valence-corrected chi connectivity index (χ0v) is 13.1. The van der Waals surface area contributed by atoms with Crippen LogP contribution in [-0.4, -0.2) is 47.0 Å². The van der Waals surface area contributed by atoms with Crippen molar-refractivity contribution in [3.05, 3.63) is 41.7 Å². The molecular formula is C16H17N5O2. The monoisotopic (exact) mass is 311 g/mol. The van der Waals surface area contributed by atoms with Gasteiger partial charge in [-0.15, -0.1) is 0 Å². The number of benzene rings is 1. The number of likely N-dealkylation sites (N-methyl/N-ethyl adjacent to an activating group) is 1. The molecule has 1 aromatic carbocycles. The van der Waals surface area contributed by atoms with Crippen molar-refractivity contribution in [2.45, 2.75) is 26.1 Å². The number of amides is 3. The SMILES string of the molecule is CC1=CN2C(=NC3C2C(=O)NC(=O)N3C)N1c1cccc(C)c1. The summed E-state index contributed by atoms with van der Waals surface area (Å²) in [5.74, 6) is 0.367. The number of aliphatic imine (C=N–C) groups is 1. The van der Waals surface area contributed by atoms with Crippen LogP contribution in [0.1, 0.15) is 12.5 Å². The molecule has 7 heteroatoms. The van der Waals surface area contributed by atoms with Crippen LogP contribution < -0.4 is 10.2 Å². The van der Waals surface area contributed by atoms with Crippen molar-refractivity contribution in [1.82, 2.24) is 15.1 Å². The summed E-state index contributed by atoms with van der Waals surface area (Å²) in [6.45, 7) is 4.01. The molecule has 0 aromatic heterocycles. The molecular weight excluding hydrogens is 294 g/mol. The number of carbonyl (C=O) groups excluding carboxylic acids is 2. The minimum atomic E-state index is -0.516. The first kappa shape index (κ1) is 13.8. The van der Waals surface area contributed by atoms with Crippen molar-refractivity contribution in [2.75, 3.05) is 11.9 Å². The van der Waals surface area contributed by atoms with Gasteiger partial charge in [-0.25, -0.2) is 9.79 Å². The van der Waals surface area contributed by atoms with Crippen LogP contribution in [0.4, 0.5) is 10.5 Å². The van der Waals surface area contributed by atoms with Crippen molar-refractivity contribution in [3.63, 3.8) is 0 Å². The molecule has 1 fully saturated rings. The molecule has 3 aliphatic heterocycles. The third-order valence-corrected chi connectivity index (χ3v) is 4.42. The van der Waals surface area contributed by atoms with Crippen LogP contribution in [0.3, 0.4) is 0 Å². The lowest BCUT2D eigenvalue weighted by Crippen LogP contribution is -2.62. The molecule has 1 aromatic rings. The highest BCUT2D eigenvalue weighted by Crippen LogP contribution is 2.35. The van der Waals surface area contributed by atoms with Gasteiger partial charge >= 0.3 is 6.03 Å². The fraction of sp³-hybridized carbons (Fsp3) is 0.312. The average molecular weight is 311 g/mol. The second-order valence-corrected chi connectivity index (χ2v) is 6.05. The number of hydrogen-bond donors (Lipinski definition) is 1. The molecule has 0 saturated carbocycles. The summed E-state index contributed by atoms with van der Waals surface area (Å²) in [6.07, 6.45) is 1.41. The number of carbonyl (C=O) groups is 2. The van der Waals surface area contributed by atoms with Gasteiger partial charge in [0, 0.05) is 24.6 Å². The second kappa shape index (κ2) is 4.58. The number of imide groups is 1. The predicted molar refractivity (Wildman–Crippen MR) is 85.6 cm³/mol. The van der Waals surface area contributed by atoms with E-state index in [1.165, 1.54) is 4.90 Å². The van der Waals surface area contributed by atoms with E-state index in [4.69, 9.17) is 0 Å². The fourth-order valence-corrected chi connectivity index (χ4v) is 3.29. The third kappa shape index (κ3) is 1.86. The van der Waals surface area contributed by atoms with E-state index < -0.39 is 18.2 Å². The van der Waals surface area contributed by atoms with Gasteiger partial charge in [0.1, 0.15) is 0 Å². The zero-order valence-electron chi connectivity index (χ0n) is 13.1. The Balaban J connectivity index is 1.77. The molecule has 118 valence electrons. The lowest BCUT2D eigenvalue weighted by atomic mass is 10.1. The molecule has 3 heterocycles. The van der Waals surface area contributed by atoms with Crippen LogP contribution in [0.25, 0.3) is 0 Å². The molecule has 7 nitrogen and oxygen atoms in total. The number of fused-ring (bicyclic) bond motifs is 3. The Bertz CT molecular complexity index is 784. The molecule has 0 radical (unpaired) electrons. The van der Waals surface area contributed by atoms with E-state index in [1.807, 2.05) is 48.0 Å². The first-order chi connectivity index (χ1) is 11.0. The Morgan fingerprint density at radius 2 is 2.00 bits per heavy atom. The minimum absolute atomic E-state index is 0.313. The van der Waals surface area contributed by atoms with Crippen LogP contribution in [0.15, 0.2) is 41.2 Å². The molecule has 1 N–H and O–H groups in total. The molecule has 0 bridgehead atoms. The maximum absolute atomic E-state index is 12.3. The molecule has 4 rings (SSSR count). The highest BCUT2D eigenvalue weighted by atomic mass is 16.2. The number of nitrogens with one attached hydrogen (secondary N) is 1. The van der Waals surface area contributed by atoms with Gasteiger partial charge in [-0.2, -0.15) is 0 Å². The van der Waals surface area contributed by atoms with E-state index in [-0.39, 0.29) is 5.91 Å². The predicted octanol–water partition coefficient (Wildman–Crippen LogP) is 1.22. The normalized spacial score (nSPS) is 26.0. The molecule has 23 heavy (non-hydrogen) atoms. The zero-order chi connectivity index (χ0) is 16.3. The highest BCUT2D eigenvalue weighted by molar-refractivity contribution is 6.09. The topological polar surface area (TPSA) is 68.2 Å². The molecule has 3 amide bonds. The Hall–Kier alpha value is -2.83. The molecule has 2 unspecified atom stereocenters. The Kier molecular flexibility index (Phi) is 2.75. The van der Waals surface area contributed by atoms with Crippen molar-refractivity contribution in [3.8, 4) is 0 Å². The highest BCUT2D eigenvalue weighted by Gasteiger charge is 2.51. The van der Waals surface area contributed by atoms with Crippen LogP contribution in [0, 0.1) is 6.92 Å². The van der Waals surface area contributed by atoms with Crippen molar-refractivity contribution in [2.24, 2.45) is 4.99 Å². The van der Waals surface area contributed by atoms with E-state index in [0.29, 0.717) is 5.96 Å². The smallest absolute Gasteiger partial charge is 0.303 e. The lowest BCUT2D eigenvalue weighted by Gasteiger charge is -2.34. The summed E-state index contributed by atoms with van der Waals surface area (Å²) in [6, 6.07) is 7.17. The first-order valence-electron chi connectivity index (χ1n) is 7.46. The van der Waals surface area contributed by atoms with E-state index in [0.717, 1.165) is 16.9 Å². The number of urea groups is 1. The Morgan fingerprint density at radius 3 is 2.74 bits per heavy atom. The van der Waals surface area contributed by atoms with Crippen LogP contribution in [0.2, 0.25) is 0 Å². The summed E-state index contributed by atoms with van der Waals surface area (Å²) in [5, 5.41) is 2.38. The van der Waals surface area contributed by atoms with E-state index in [2.05, 4.69) is 16.4 Å². The van der Waals surface area contributed by atoms with Crippen molar-refractivity contribution >= 4 is 23.6 Å². The molecule has 2 atom stereocenters. The van der Waals surface area contributed by atoms with Crippen LogP contribution in [-0.2, 0) is 4.79 Å². The van der Waals surface area contributed by atoms with Gasteiger partial charge in [0.05, 0.1) is 0 Å². The van der Waals surface area contributed by atoms with Gasteiger partial charge in [0.2, 0.25) is 5.96 Å². The van der Waals surface area contributed by atoms with Crippen LogP contribution in [0.5, 0.6) is 0 Å². The van der Waals surface area contributed by atoms with Crippen molar-refractivity contribution in [1.29, 1.82) is 0 Å². The average Bonchev–Trinajstić information content (AvgIpc) is 2.99. The third-order valence-electron chi connectivity index (χ3n) is 4.42. The van der Waals surface area contributed by atoms with E-state index >= 15 is 0 Å². The number of allylic oxidation sites excluding steroid dienone is 1. The molecule has 3 aliphatic rings. The molecule has 1 saturated heterocycles. The Labute approximate surface area is 133 Å². The lowest BCUT2D eigenvalue weighted by molar-refractivity contribution is -0.126. The minimum Gasteiger partial charge on any atom is -0.303 e. The van der Waals surface area contributed by atoms with Gasteiger partial charge in [-0.05, 0) is 31.5 Å². The van der Waals surface area contributed by atoms with E-state index in [9.17, 15) is 9.59 Å². The van der Waals surface area contributed by atoms with Crippen molar-refractivity contribution < 1.29 is 9.59 Å². The van der Waals surface area contributed by atoms with Gasteiger partial charge in [-0.3, -0.25) is 15.0 Å². The number of guanidine groups is 1. The number of nitrogens with zero attached hydrogens (tertiary/aromatic N) is 4. The largest absolute Gasteiger partial charge is 0.325 e. The summed E-state index contributed by atoms with van der Waals surface area (Å²) < 4.78 is 0. The number of rotatable bonds is 1. The second-order valence-electron chi connectivity index (χ2n) is 6.05. The van der Waals surface area contributed by atoms with Gasteiger partial charge < -0.3 is 9.80 Å². The van der Waals surface area contributed by atoms with Crippen LogP contribution >= 0.6 is 0 Å². The summed E-state index contributed by atoms with van der Waals surface area (Å²) in [7, 11) is 1.65.